The smallest absolute Gasteiger partial charge is 0.259 e. The first-order chi connectivity index (χ1) is 15.1. The SMILES string of the molecule is Cc1cccc2cc(C(C)Nc3ncnc4[nH]cnc34)n(CCN3CCCC3)c(=O)c12. The number of aromatic nitrogens is 5. The second-order valence-corrected chi connectivity index (χ2v) is 8.30. The van der Waals surface area contributed by atoms with Crippen LogP contribution in [0.3, 0.4) is 0 Å². The first-order valence-corrected chi connectivity index (χ1v) is 10.9. The van der Waals surface area contributed by atoms with Crippen LogP contribution in [-0.4, -0.2) is 49.0 Å². The van der Waals surface area contributed by atoms with E-state index in [1.807, 2.05) is 29.7 Å². The molecule has 31 heavy (non-hydrogen) atoms. The summed E-state index contributed by atoms with van der Waals surface area (Å²) in [5.41, 5.74) is 3.41. The van der Waals surface area contributed by atoms with Crippen molar-refractivity contribution >= 4 is 27.8 Å². The van der Waals surface area contributed by atoms with Gasteiger partial charge in [-0.3, -0.25) is 4.79 Å². The number of anilines is 1. The average Bonchev–Trinajstić information content (AvgIpc) is 3.45. The predicted molar refractivity (Wildman–Crippen MR) is 122 cm³/mol. The molecule has 8 heteroatoms. The quantitative estimate of drug-likeness (QED) is 0.500. The van der Waals surface area contributed by atoms with Crippen molar-refractivity contribution in [3.63, 3.8) is 0 Å². The fourth-order valence-corrected chi connectivity index (χ4v) is 4.58. The van der Waals surface area contributed by atoms with E-state index < -0.39 is 0 Å². The third-order valence-corrected chi connectivity index (χ3v) is 6.23. The van der Waals surface area contributed by atoms with Crippen molar-refractivity contribution in [1.82, 2.24) is 29.4 Å². The van der Waals surface area contributed by atoms with Gasteiger partial charge in [0.2, 0.25) is 0 Å². The Bertz CT molecular complexity index is 1290. The zero-order valence-electron chi connectivity index (χ0n) is 17.9. The van der Waals surface area contributed by atoms with Crippen molar-refractivity contribution in [3.8, 4) is 0 Å². The number of nitrogens with one attached hydrogen (secondary N) is 2. The van der Waals surface area contributed by atoms with Gasteiger partial charge in [0.15, 0.2) is 11.5 Å². The van der Waals surface area contributed by atoms with Crippen molar-refractivity contribution < 1.29 is 0 Å². The van der Waals surface area contributed by atoms with Gasteiger partial charge in [0.1, 0.15) is 11.8 Å². The number of aromatic amines is 1. The highest BCUT2D eigenvalue weighted by Gasteiger charge is 2.19. The summed E-state index contributed by atoms with van der Waals surface area (Å²) in [6.45, 7) is 7.85. The molecule has 4 aromatic rings. The summed E-state index contributed by atoms with van der Waals surface area (Å²) in [5.74, 6) is 0.654. The maximum absolute atomic E-state index is 13.6. The minimum absolute atomic E-state index is 0.0750. The number of aryl methyl sites for hydroxylation is 1. The van der Waals surface area contributed by atoms with Crippen LogP contribution in [0.15, 0.2) is 41.7 Å². The minimum atomic E-state index is -0.133. The van der Waals surface area contributed by atoms with Gasteiger partial charge < -0.3 is 19.8 Å². The molecule has 0 radical (unpaired) electrons. The van der Waals surface area contributed by atoms with Crippen LogP contribution in [0.25, 0.3) is 21.9 Å². The summed E-state index contributed by atoms with van der Waals surface area (Å²) in [5, 5.41) is 5.23. The lowest BCUT2D eigenvalue weighted by atomic mass is 10.0. The first kappa shape index (κ1) is 19.7. The number of pyridine rings is 1. The lowest BCUT2D eigenvalue weighted by molar-refractivity contribution is 0.318. The Morgan fingerprint density at radius 1 is 1.16 bits per heavy atom. The predicted octanol–water partition coefficient (Wildman–Crippen LogP) is 3.25. The number of likely N-dealkylation sites (tertiary alicyclic amines) is 1. The molecule has 1 aliphatic heterocycles. The van der Waals surface area contributed by atoms with Crippen LogP contribution in [0.4, 0.5) is 5.82 Å². The number of H-pyrrole nitrogens is 1. The Kier molecular flexibility index (Phi) is 5.15. The van der Waals surface area contributed by atoms with E-state index in [1.54, 1.807) is 6.33 Å². The van der Waals surface area contributed by atoms with Crippen LogP contribution in [0.2, 0.25) is 0 Å². The first-order valence-electron chi connectivity index (χ1n) is 10.9. The molecule has 0 saturated carbocycles. The monoisotopic (exact) mass is 417 g/mol. The average molecular weight is 418 g/mol. The fourth-order valence-electron chi connectivity index (χ4n) is 4.58. The van der Waals surface area contributed by atoms with E-state index in [1.165, 1.54) is 19.2 Å². The molecule has 160 valence electrons. The second kappa shape index (κ2) is 8.11. The van der Waals surface area contributed by atoms with Crippen molar-refractivity contribution in [1.29, 1.82) is 0 Å². The van der Waals surface area contributed by atoms with Gasteiger partial charge >= 0.3 is 0 Å². The third kappa shape index (κ3) is 3.67. The molecule has 1 atom stereocenters. The second-order valence-electron chi connectivity index (χ2n) is 8.30. The highest BCUT2D eigenvalue weighted by Crippen LogP contribution is 2.25. The summed E-state index contributed by atoms with van der Waals surface area (Å²) in [7, 11) is 0. The Balaban J connectivity index is 1.55. The van der Waals surface area contributed by atoms with E-state index in [4.69, 9.17) is 0 Å². The van der Waals surface area contributed by atoms with Crippen LogP contribution < -0.4 is 10.9 Å². The number of hydrogen-bond acceptors (Lipinski definition) is 6. The summed E-state index contributed by atoms with van der Waals surface area (Å²) >= 11 is 0. The molecule has 1 aromatic carbocycles. The van der Waals surface area contributed by atoms with Gasteiger partial charge in [-0.2, -0.15) is 0 Å². The van der Waals surface area contributed by atoms with E-state index in [-0.39, 0.29) is 11.6 Å². The van der Waals surface area contributed by atoms with Crippen LogP contribution in [0.5, 0.6) is 0 Å². The van der Waals surface area contributed by atoms with E-state index >= 15 is 0 Å². The topological polar surface area (TPSA) is 91.7 Å². The third-order valence-electron chi connectivity index (χ3n) is 6.23. The maximum Gasteiger partial charge on any atom is 0.259 e. The number of rotatable bonds is 6. The number of nitrogens with zero attached hydrogens (tertiary/aromatic N) is 5. The van der Waals surface area contributed by atoms with Crippen molar-refractivity contribution in [2.24, 2.45) is 0 Å². The summed E-state index contributed by atoms with van der Waals surface area (Å²) in [6, 6.07) is 8.03. The maximum atomic E-state index is 13.6. The molecule has 8 nitrogen and oxygen atoms in total. The van der Waals surface area contributed by atoms with Gasteiger partial charge in [0, 0.05) is 18.8 Å². The van der Waals surface area contributed by atoms with Crippen LogP contribution in [-0.2, 0) is 6.54 Å². The number of hydrogen-bond donors (Lipinski definition) is 2. The van der Waals surface area contributed by atoms with Gasteiger partial charge in [0.05, 0.1) is 17.8 Å². The molecule has 0 spiro atoms. The van der Waals surface area contributed by atoms with Crippen LogP contribution in [0.1, 0.15) is 37.1 Å². The van der Waals surface area contributed by atoms with Crippen molar-refractivity contribution in [2.45, 2.75) is 39.3 Å². The van der Waals surface area contributed by atoms with Crippen molar-refractivity contribution in [3.05, 3.63) is 58.5 Å². The zero-order valence-corrected chi connectivity index (χ0v) is 17.9. The fraction of sp³-hybridized carbons (Fsp3) is 0.391. The van der Waals surface area contributed by atoms with E-state index in [9.17, 15) is 4.79 Å². The highest BCUT2D eigenvalue weighted by atomic mass is 16.1. The lowest BCUT2D eigenvalue weighted by Crippen LogP contribution is -2.32. The molecular formula is C23H27N7O. The van der Waals surface area contributed by atoms with Crippen molar-refractivity contribution in [2.75, 3.05) is 25.0 Å². The largest absolute Gasteiger partial charge is 0.360 e. The van der Waals surface area contributed by atoms with E-state index in [0.29, 0.717) is 23.5 Å². The van der Waals surface area contributed by atoms with Crippen LogP contribution >= 0.6 is 0 Å². The molecule has 1 aliphatic rings. The van der Waals surface area contributed by atoms with E-state index in [2.05, 4.69) is 43.1 Å². The molecule has 0 amide bonds. The number of imidazole rings is 1. The van der Waals surface area contributed by atoms with Gasteiger partial charge in [-0.25, -0.2) is 15.0 Å². The van der Waals surface area contributed by atoms with Gasteiger partial charge in [-0.1, -0.05) is 18.2 Å². The highest BCUT2D eigenvalue weighted by molar-refractivity contribution is 5.85. The van der Waals surface area contributed by atoms with E-state index in [0.717, 1.165) is 41.7 Å². The molecule has 3 aromatic heterocycles. The molecule has 4 heterocycles. The normalized spacial score (nSPS) is 15.7. The summed E-state index contributed by atoms with van der Waals surface area (Å²) in [4.78, 5) is 32.0. The minimum Gasteiger partial charge on any atom is -0.360 e. The lowest BCUT2D eigenvalue weighted by Gasteiger charge is -2.23. The molecule has 1 unspecified atom stereocenters. The summed E-state index contributed by atoms with van der Waals surface area (Å²) < 4.78 is 1.94. The van der Waals surface area contributed by atoms with Gasteiger partial charge in [-0.05, 0) is 56.8 Å². The molecule has 0 aliphatic carbocycles. The molecule has 0 bridgehead atoms. The molecule has 5 rings (SSSR count). The number of fused-ring (bicyclic) bond motifs is 2. The standard InChI is InChI=1S/C23H27N7O/c1-15-6-5-7-17-12-18(16(2)28-22-20-21(25-13-24-20)26-14-27-22)30(23(31)19(15)17)11-10-29-8-3-4-9-29/h5-7,12-14,16H,3-4,8-11H2,1-2H3,(H2,24,25,26,27,28). The zero-order chi connectivity index (χ0) is 21.4. The molecule has 2 N–H and O–H groups in total. The molecule has 1 fully saturated rings. The Morgan fingerprint density at radius 3 is 2.84 bits per heavy atom. The molecule has 1 saturated heterocycles. The number of benzene rings is 1. The molecular weight excluding hydrogens is 390 g/mol. The van der Waals surface area contributed by atoms with Crippen LogP contribution in [0, 0.1) is 6.92 Å². The summed E-state index contributed by atoms with van der Waals surface area (Å²) in [6.07, 6.45) is 5.60. The van der Waals surface area contributed by atoms with Gasteiger partial charge in [0.25, 0.3) is 5.56 Å². The Morgan fingerprint density at radius 2 is 2.00 bits per heavy atom. The van der Waals surface area contributed by atoms with Gasteiger partial charge in [-0.15, -0.1) is 0 Å². The Labute approximate surface area is 180 Å². The Hall–Kier alpha value is -3.26.